The monoisotopic (exact) mass is 350 g/mol. The molecule has 1 saturated heterocycles. The fourth-order valence-electron chi connectivity index (χ4n) is 2.86. The maximum Gasteiger partial charge on any atom is 0.252 e. The number of methoxy groups -OCH3 is 1. The van der Waals surface area contributed by atoms with Crippen LogP contribution in [0.3, 0.4) is 0 Å². The molecular formula is C16H19ClN4O3. The fraction of sp³-hybridized carbons (Fsp3) is 0.438. The maximum atomic E-state index is 12.3. The Hall–Kier alpha value is -2.12. The van der Waals surface area contributed by atoms with E-state index in [1.165, 1.54) is 13.3 Å². The number of nitrogens with one attached hydrogen (secondary N) is 2. The zero-order valence-corrected chi connectivity index (χ0v) is 14.0. The maximum absolute atomic E-state index is 12.3. The van der Waals surface area contributed by atoms with Gasteiger partial charge in [0.1, 0.15) is 5.02 Å². The minimum atomic E-state index is -0.219. The molecule has 0 aliphatic carbocycles. The van der Waals surface area contributed by atoms with E-state index in [-0.39, 0.29) is 17.9 Å². The summed E-state index contributed by atoms with van der Waals surface area (Å²) in [5.74, 6) is 0.277. The first-order valence-electron chi connectivity index (χ1n) is 7.77. The van der Waals surface area contributed by atoms with Gasteiger partial charge in [-0.25, -0.2) is 4.98 Å². The van der Waals surface area contributed by atoms with Crippen LogP contribution in [0, 0.1) is 5.92 Å². The molecule has 24 heavy (non-hydrogen) atoms. The average Bonchev–Trinajstić information content (AvgIpc) is 3.14. The zero-order valence-electron chi connectivity index (χ0n) is 13.3. The number of halogens is 1. The second kappa shape index (κ2) is 7.63. The molecule has 3 heterocycles. The van der Waals surface area contributed by atoms with E-state index in [4.69, 9.17) is 21.1 Å². The highest BCUT2D eigenvalue weighted by molar-refractivity contribution is 6.32. The lowest BCUT2D eigenvalue weighted by atomic mass is 9.91. The van der Waals surface area contributed by atoms with Crippen LogP contribution in [0.15, 0.2) is 24.7 Å². The van der Waals surface area contributed by atoms with Gasteiger partial charge in [0.05, 0.1) is 25.0 Å². The number of aromatic nitrogens is 3. The number of amides is 1. The summed E-state index contributed by atoms with van der Waals surface area (Å²) in [6.45, 7) is 1.23. The summed E-state index contributed by atoms with van der Waals surface area (Å²) in [5, 5.41) is 10.0. The summed E-state index contributed by atoms with van der Waals surface area (Å²) in [5.41, 5.74) is 1.40. The molecule has 0 spiro atoms. The third kappa shape index (κ3) is 3.68. The average molecular weight is 351 g/mol. The van der Waals surface area contributed by atoms with Gasteiger partial charge in [0.15, 0.2) is 0 Å². The number of H-pyrrole nitrogens is 1. The molecule has 0 bridgehead atoms. The van der Waals surface area contributed by atoms with Gasteiger partial charge in [-0.05, 0) is 18.9 Å². The molecule has 2 aromatic heterocycles. The van der Waals surface area contributed by atoms with Gasteiger partial charge in [0.25, 0.3) is 5.91 Å². The van der Waals surface area contributed by atoms with E-state index < -0.39 is 0 Å². The fourth-order valence-corrected chi connectivity index (χ4v) is 3.11. The Kier molecular flexibility index (Phi) is 5.32. The van der Waals surface area contributed by atoms with Crippen molar-refractivity contribution >= 4 is 17.5 Å². The molecule has 2 N–H and O–H groups in total. The van der Waals surface area contributed by atoms with Crippen molar-refractivity contribution in [1.82, 2.24) is 20.5 Å². The number of hydrogen-bond acceptors (Lipinski definition) is 5. The van der Waals surface area contributed by atoms with Gasteiger partial charge < -0.3 is 14.8 Å². The molecule has 8 heteroatoms. The van der Waals surface area contributed by atoms with E-state index in [2.05, 4.69) is 20.5 Å². The van der Waals surface area contributed by atoms with Crippen LogP contribution in [0.4, 0.5) is 0 Å². The van der Waals surface area contributed by atoms with E-state index >= 15 is 0 Å². The van der Waals surface area contributed by atoms with Crippen molar-refractivity contribution in [3.63, 3.8) is 0 Å². The van der Waals surface area contributed by atoms with Crippen molar-refractivity contribution < 1.29 is 14.3 Å². The molecule has 7 nitrogen and oxygen atoms in total. The smallest absolute Gasteiger partial charge is 0.252 e. The molecule has 128 valence electrons. The number of ether oxygens (including phenoxy) is 2. The summed E-state index contributed by atoms with van der Waals surface area (Å²) in [4.78, 5) is 16.3. The SMILES string of the molecule is COc1ncc(C(=O)NC[C@@H]2CCCO[C@H]2c2cn[nH]c2)cc1Cl. The molecule has 1 aliphatic heterocycles. The van der Waals surface area contributed by atoms with Gasteiger partial charge in [0.2, 0.25) is 5.88 Å². The summed E-state index contributed by atoms with van der Waals surface area (Å²) in [6.07, 6.45) is 6.94. The molecule has 0 unspecified atom stereocenters. The Morgan fingerprint density at radius 3 is 3.12 bits per heavy atom. The molecular weight excluding hydrogens is 332 g/mol. The lowest BCUT2D eigenvalue weighted by Gasteiger charge is -2.31. The van der Waals surface area contributed by atoms with Crippen LogP contribution in [-0.4, -0.2) is 41.3 Å². The van der Waals surface area contributed by atoms with Crippen molar-refractivity contribution in [3.8, 4) is 5.88 Å². The number of aromatic amines is 1. The summed E-state index contributed by atoms with van der Waals surface area (Å²) < 4.78 is 10.9. The van der Waals surface area contributed by atoms with Gasteiger partial charge in [-0.2, -0.15) is 5.10 Å². The predicted octanol–water partition coefficient (Wildman–Crippen LogP) is 2.36. The number of rotatable bonds is 5. The van der Waals surface area contributed by atoms with E-state index in [1.54, 1.807) is 12.3 Å². The van der Waals surface area contributed by atoms with Crippen LogP contribution in [0.5, 0.6) is 5.88 Å². The van der Waals surface area contributed by atoms with E-state index in [0.717, 1.165) is 25.0 Å². The Morgan fingerprint density at radius 1 is 1.54 bits per heavy atom. The first kappa shape index (κ1) is 16.7. The van der Waals surface area contributed by atoms with E-state index in [1.807, 2.05) is 6.20 Å². The Bertz CT molecular complexity index is 693. The Balaban J connectivity index is 1.63. The molecule has 1 fully saturated rings. The molecule has 1 aliphatic rings. The first-order chi connectivity index (χ1) is 11.7. The minimum absolute atomic E-state index is 0.0598. The van der Waals surface area contributed by atoms with Crippen LogP contribution in [0.25, 0.3) is 0 Å². The second-order valence-electron chi connectivity index (χ2n) is 5.65. The number of hydrogen-bond donors (Lipinski definition) is 2. The van der Waals surface area contributed by atoms with Crippen molar-refractivity contribution in [3.05, 3.63) is 40.8 Å². The van der Waals surface area contributed by atoms with Crippen LogP contribution in [-0.2, 0) is 4.74 Å². The van der Waals surface area contributed by atoms with Crippen LogP contribution < -0.4 is 10.1 Å². The summed E-state index contributed by atoms with van der Waals surface area (Å²) in [6, 6.07) is 1.55. The predicted molar refractivity (Wildman–Crippen MR) is 88.1 cm³/mol. The number of carbonyl (C=O) groups is 1. The standard InChI is InChI=1S/C16H19ClN4O3/c1-23-16-13(17)5-11(7-19-16)15(22)18-6-10-3-2-4-24-14(10)12-8-20-21-9-12/h5,7-10,14H,2-4,6H2,1H3,(H,18,22)(H,20,21)/t10-,14+/m0/s1. The van der Waals surface area contributed by atoms with Gasteiger partial charge in [-0.15, -0.1) is 0 Å². The highest BCUT2D eigenvalue weighted by atomic mass is 35.5. The quantitative estimate of drug-likeness (QED) is 0.864. The van der Waals surface area contributed by atoms with E-state index in [0.29, 0.717) is 23.0 Å². The third-order valence-electron chi connectivity index (χ3n) is 4.08. The number of nitrogens with zero attached hydrogens (tertiary/aromatic N) is 2. The van der Waals surface area contributed by atoms with Gasteiger partial charge >= 0.3 is 0 Å². The lowest BCUT2D eigenvalue weighted by Crippen LogP contribution is -2.35. The van der Waals surface area contributed by atoms with Crippen LogP contribution in [0.2, 0.25) is 5.02 Å². The van der Waals surface area contributed by atoms with Gasteiger partial charge in [-0.1, -0.05) is 11.6 Å². The highest BCUT2D eigenvalue weighted by Crippen LogP contribution is 2.32. The Labute approximate surface area is 144 Å². The van der Waals surface area contributed by atoms with Crippen LogP contribution in [0.1, 0.15) is 34.9 Å². The molecule has 2 aromatic rings. The van der Waals surface area contributed by atoms with Crippen molar-refractivity contribution in [1.29, 1.82) is 0 Å². The summed E-state index contributed by atoms with van der Waals surface area (Å²) in [7, 11) is 1.48. The Morgan fingerprint density at radius 2 is 2.42 bits per heavy atom. The van der Waals surface area contributed by atoms with Gasteiger partial charge in [0, 0.05) is 37.0 Å². The normalized spacial score (nSPS) is 20.6. The van der Waals surface area contributed by atoms with Crippen molar-refractivity contribution in [2.45, 2.75) is 18.9 Å². The minimum Gasteiger partial charge on any atom is -0.480 e. The molecule has 1 amide bonds. The van der Waals surface area contributed by atoms with E-state index in [9.17, 15) is 4.79 Å². The van der Waals surface area contributed by atoms with Crippen LogP contribution >= 0.6 is 11.6 Å². The molecule has 0 aromatic carbocycles. The second-order valence-corrected chi connectivity index (χ2v) is 6.06. The summed E-state index contributed by atoms with van der Waals surface area (Å²) >= 11 is 6.02. The third-order valence-corrected chi connectivity index (χ3v) is 4.35. The zero-order chi connectivity index (χ0) is 16.9. The molecule has 2 atom stereocenters. The topological polar surface area (TPSA) is 89.1 Å². The lowest BCUT2D eigenvalue weighted by molar-refractivity contribution is -0.0272. The number of carbonyl (C=O) groups excluding carboxylic acids is 1. The van der Waals surface area contributed by atoms with Crippen molar-refractivity contribution in [2.75, 3.05) is 20.3 Å². The van der Waals surface area contributed by atoms with Crippen molar-refractivity contribution in [2.24, 2.45) is 5.92 Å². The van der Waals surface area contributed by atoms with Gasteiger partial charge in [-0.3, -0.25) is 9.89 Å². The highest BCUT2D eigenvalue weighted by Gasteiger charge is 2.28. The molecule has 3 rings (SSSR count). The number of pyridine rings is 1. The molecule has 0 radical (unpaired) electrons. The largest absolute Gasteiger partial charge is 0.480 e. The molecule has 0 saturated carbocycles. The first-order valence-corrected chi connectivity index (χ1v) is 8.15.